The fourth-order valence-corrected chi connectivity index (χ4v) is 1.92. The van der Waals surface area contributed by atoms with Crippen molar-refractivity contribution >= 4 is 12.0 Å². The minimum Gasteiger partial charge on any atom is -0.481 e. The van der Waals surface area contributed by atoms with Crippen molar-refractivity contribution in [3.63, 3.8) is 0 Å². The van der Waals surface area contributed by atoms with E-state index in [4.69, 9.17) is 9.84 Å². The van der Waals surface area contributed by atoms with E-state index in [1.165, 1.54) is 4.90 Å². The van der Waals surface area contributed by atoms with Crippen LogP contribution in [0, 0.1) is 5.92 Å². The molecule has 16 heavy (non-hydrogen) atoms. The Kier molecular flexibility index (Phi) is 3.28. The van der Waals surface area contributed by atoms with Gasteiger partial charge in [-0.15, -0.1) is 0 Å². The van der Waals surface area contributed by atoms with Gasteiger partial charge < -0.3 is 20.1 Å². The summed E-state index contributed by atoms with van der Waals surface area (Å²) >= 11 is 0. The summed E-state index contributed by atoms with van der Waals surface area (Å²) in [5.41, 5.74) is 0. The number of carbonyl (C=O) groups excluding carboxylic acids is 1. The Morgan fingerprint density at radius 1 is 1.44 bits per heavy atom. The fraction of sp³-hybridized carbons (Fsp3) is 0.800. The second kappa shape index (κ2) is 4.69. The van der Waals surface area contributed by atoms with Gasteiger partial charge in [0.05, 0.1) is 12.0 Å². The third-order valence-corrected chi connectivity index (χ3v) is 3.02. The molecular formula is C10H16N2O4. The first-order valence-corrected chi connectivity index (χ1v) is 5.54. The lowest BCUT2D eigenvalue weighted by Gasteiger charge is -2.36. The largest absolute Gasteiger partial charge is 0.481 e. The summed E-state index contributed by atoms with van der Waals surface area (Å²) in [4.78, 5) is 23.6. The van der Waals surface area contributed by atoms with Crippen LogP contribution < -0.4 is 5.32 Å². The molecule has 0 aromatic rings. The number of likely N-dealkylation sites (tertiary alicyclic amines) is 1. The predicted octanol–water partition coefficient (Wildman–Crippen LogP) is -0.109. The zero-order valence-corrected chi connectivity index (χ0v) is 9.02. The van der Waals surface area contributed by atoms with Gasteiger partial charge in [-0.05, 0) is 12.8 Å². The van der Waals surface area contributed by atoms with Crippen molar-refractivity contribution in [2.75, 3.05) is 26.2 Å². The zero-order valence-electron chi connectivity index (χ0n) is 9.02. The first-order chi connectivity index (χ1) is 7.66. The molecule has 0 aliphatic carbocycles. The Morgan fingerprint density at radius 3 is 2.75 bits per heavy atom. The van der Waals surface area contributed by atoms with Gasteiger partial charge in [0, 0.05) is 26.2 Å². The highest BCUT2D eigenvalue weighted by Crippen LogP contribution is 2.16. The van der Waals surface area contributed by atoms with Crippen LogP contribution in [0.3, 0.4) is 0 Å². The average molecular weight is 228 g/mol. The summed E-state index contributed by atoms with van der Waals surface area (Å²) in [6.07, 6.45) is 2.16. The number of carboxylic acid groups (broad SMARTS) is 1. The van der Waals surface area contributed by atoms with E-state index in [9.17, 15) is 9.59 Å². The van der Waals surface area contributed by atoms with Crippen LogP contribution in [-0.4, -0.2) is 54.4 Å². The molecule has 2 saturated heterocycles. The van der Waals surface area contributed by atoms with E-state index in [1.807, 2.05) is 0 Å². The van der Waals surface area contributed by atoms with Gasteiger partial charge in [-0.1, -0.05) is 0 Å². The Balaban J connectivity index is 1.64. The van der Waals surface area contributed by atoms with E-state index in [0.29, 0.717) is 19.6 Å². The van der Waals surface area contributed by atoms with Crippen LogP contribution in [0.5, 0.6) is 0 Å². The molecule has 1 unspecified atom stereocenters. The van der Waals surface area contributed by atoms with Crippen LogP contribution in [0.2, 0.25) is 0 Å². The highest BCUT2D eigenvalue weighted by atomic mass is 16.5. The number of nitrogens with zero attached hydrogens (tertiary/aromatic N) is 1. The molecule has 2 aliphatic heterocycles. The van der Waals surface area contributed by atoms with Gasteiger partial charge in [-0.2, -0.15) is 0 Å². The van der Waals surface area contributed by atoms with Crippen LogP contribution in [0.15, 0.2) is 0 Å². The summed E-state index contributed by atoms with van der Waals surface area (Å²) in [7, 11) is 0. The maximum Gasteiger partial charge on any atom is 0.317 e. The number of rotatable bonds is 3. The second-order valence-corrected chi connectivity index (χ2v) is 4.26. The summed E-state index contributed by atoms with van der Waals surface area (Å²) in [5.74, 6) is -1.23. The van der Waals surface area contributed by atoms with Crippen LogP contribution in [0.4, 0.5) is 4.79 Å². The molecule has 90 valence electrons. The van der Waals surface area contributed by atoms with E-state index < -0.39 is 11.9 Å². The van der Waals surface area contributed by atoms with Gasteiger partial charge in [-0.3, -0.25) is 4.79 Å². The first kappa shape index (κ1) is 11.2. The number of urea groups is 1. The van der Waals surface area contributed by atoms with Crippen molar-refractivity contribution in [2.45, 2.75) is 18.9 Å². The van der Waals surface area contributed by atoms with E-state index in [0.717, 1.165) is 19.4 Å². The van der Waals surface area contributed by atoms with E-state index >= 15 is 0 Å². The van der Waals surface area contributed by atoms with Crippen molar-refractivity contribution < 1.29 is 19.4 Å². The van der Waals surface area contributed by atoms with Gasteiger partial charge >= 0.3 is 12.0 Å². The lowest BCUT2D eigenvalue weighted by Crippen LogP contribution is -2.56. The van der Waals surface area contributed by atoms with Crippen LogP contribution >= 0.6 is 0 Å². The molecular weight excluding hydrogens is 212 g/mol. The molecule has 0 radical (unpaired) electrons. The van der Waals surface area contributed by atoms with Crippen molar-refractivity contribution in [3.8, 4) is 0 Å². The molecule has 2 rings (SSSR count). The molecule has 0 spiro atoms. The number of carbonyl (C=O) groups is 2. The standard InChI is InChI=1S/C10H16N2O4/c13-9(14)7-5-12(6-7)10(15)11-4-8-2-1-3-16-8/h7-8H,1-6H2,(H,11,15)(H,13,14). The lowest BCUT2D eigenvalue weighted by molar-refractivity contribution is -0.146. The topological polar surface area (TPSA) is 78.9 Å². The van der Waals surface area contributed by atoms with Crippen LogP contribution in [0.25, 0.3) is 0 Å². The average Bonchev–Trinajstić information content (AvgIpc) is 2.63. The monoisotopic (exact) mass is 228 g/mol. The van der Waals surface area contributed by atoms with E-state index in [-0.39, 0.29) is 12.1 Å². The minimum absolute atomic E-state index is 0.125. The van der Waals surface area contributed by atoms with Gasteiger partial charge in [-0.25, -0.2) is 4.79 Å². The normalized spacial score (nSPS) is 25.2. The molecule has 2 aliphatic rings. The fourth-order valence-electron chi connectivity index (χ4n) is 1.92. The quantitative estimate of drug-likeness (QED) is 0.706. The molecule has 0 saturated carbocycles. The number of hydrogen-bond donors (Lipinski definition) is 2. The lowest BCUT2D eigenvalue weighted by atomic mass is 10.0. The van der Waals surface area contributed by atoms with E-state index in [2.05, 4.69) is 5.32 Å². The molecule has 6 heteroatoms. The number of nitrogens with one attached hydrogen (secondary N) is 1. The van der Waals surface area contributed by atoms with Crippen molar-refractivity contribution in [2.24, 2.45) is 5.92 Å². The molecule has 2 fully saturated rings. The first-order valence-electron chi connectivity index (χ1n) is 5.54. The van der Waals surface area contributed by atoms with Crippen molar-refractivity contribution in [1.82, 2.24) is 10.2 Å². The van der Waals surface area contributed by atoms with Crippen LogP contribution in [0.1, 0.15) is 12.8 Å². The molecule has 2 N–H and O–H groups in total. The van der Waals surface area contributed by atoms with Crippen LogP contribution in [-0.2, 0) is 9.53 Å². The number of ether oxygens (including phenoxy) is 1. The highest BCUT2D eigenvalue weighted by Gasteiger charge is 2.35. The molecule has 0 bridgehead atoms. The SMILES string of the molecule is O=C(O)C1CN(C(=O)NCC2CCCO2)C1. The second-order valence-electron chi connectivity index (χ2n) is 4.26. The Bertz CT molecular complexity index is 283. The summed E-state index contributed by atoms with van der Waals surface area (Å²) in [6.45, 7) is 1.91. The number of hydrogen-bond acceptors (Lipinski definition) is 3. The van der Waals surface area contributed by atoms with Gasteiger partial charge in [0.1, 0.15) is 0 Å². The number of aliphatic carboxylic acids is 1. The molecule has 0 aromatic carbocycles. The molecule has 2 heterocycles. The Labute approximate surface area is 93.6 Å². The highest BCUT2D eigenvalue weighted by molar-refractivity contribution is 5.79. The molecule has 2 amide bonds. The summed E-state index contributed by atoms with van der Waals surface area (Å²) in [6, 6.07) is -0.187. The number of carboxylic acids is 1. The van der Waals surface area contributed by atoms with Gasteiger partial charge in [0.25, 0.3) is 0 Å². The maximum atomic E-state index is 11.5. The zero-order chi connectivity index (χ0) is 11.5. The predicted molar refractivity (Wildman–Crippen MR) is 55.1 cm³/mol. The van der Waals surface area contributed by atoms with Crippen molar-refractivity contribution in [1.29, 1.82) is 0 Å². The summed E-state index contributed by atoms with van der Waals surface area (Å²) in [5, 5.41) is 11.4. The van der Waals surface area contributed by atoms with Crippen molar-refractivity contribution in [3.05, 3.63) is 0 Å². The molecule has 1 atom stereocenters. The molecule has 0 aromatic heterocycles. The Hall–Kier alpha value is -1.30. The third kappa shape index (κ3) is 2.44. The maximum absolute atomic E-state index is 11.5. The van der Waals surface area contributed by atoms with Gasteiger partial charge in [0.15, 0.2) is 0 Å². The van der Waals surface area contributed by atoms with E-state index in [1.54, 1.807) is 0 Å². The smallest absolute Gasteiger partial charge is 0.317 e. The summed E-state index contributed by atoms with van der Waals surface area (Å²) < 4.78 is 5.37. The third-order valence-electron chi connectivity index (χ3n) is 3.02. The Morgan fingerprint density at radius 2 is 2.19 bits per heavy atom. The molecule has 6 nitrogen and oxygen atoms in total. The minimum atomic E-state index is -0.830. The number of amides is 2. The van der Waals surface area contributed by atoms with Gasteiger partial charge in [0.2, 0.25) is 0 Å².